The van der Waals surface area contributed by atoms with Crippen molar-refractivity contribution >= 4 is 6.29 Å². The third-order valence-corrected chi connectivity index (χ3v) is 2.37. The van der Waals surface area contributed by atoms with Gasteiger partial charge < -0.3 is 9.53 Å². The number of benzene rings is 1. The number of aromatic nitrogens is 1. The van der Waals surface area contributed by atoms with Crippen molar-refractivity contribution in [2.45, 2.75) is 26.9 Å². The maximum absolute atomic E-state index is 9.17. The highest BCUT2D eigenvalue weighted by Gasteiger charge is 1.98. The lowest BCUT2D eigenvalue weighted by Crippen LogP contribution is -1.96. The smallest absolute Gasteiger partial charge is 0.125 e. The number of aldehydes is 1. The summed E-state index contributed by atoms with van der Waals surface area (Å²) >= 11 is 0. The van der Waals surface area contributed by atoms with E-state index in [4.69, 9.17) is 4.74 Å². The standard InChI is InChI=1S/C13H13NO.C3H6O/c1-11-9-14-8-7-13(11)15-10-12-5-3-2-4-6-12;1-2-3-4/h2-9H,10H2,1H3;3H,2H2,1H3. The summed E-state index contributed by atoms with van der Waals surface area (Å²) in [7, 11) is 0. The van der Waals surface area contributed by atoms with Gasteiger partial charge in [-0.25, -0.2) is 0 Å². The van der Waals surface area contributed by atoms with E-state index in [9.17, 15) is 4.79 Å². The first-order valence-electron chi connectivity index (χ1n) is 6.29. The van der Waals surface area contributed by atoms with Crippen molar-refractivity contribution in [1.82, 2.24) is 4.98 Å². The molecule has 0 saturated heterocycles. The summed E-state index contributed by atoms with van der Waals surface area (Å²) in [6.07, 6.45) is 5.06. The Hall–Kier alpha value is -2.16. The zero-order valence-corrected chi connectivity index (χ0v) is 11.4. The fourth-order valence-corrected chi connectivity index (χ4v) is 1.36. The second kappa shape index (κ2) is 8.86. The number of carbonyl (C=O) groups is 1. The number of rotatable bonds is 4. The van der Waals surface area contributed by atoms with E-state index in [0.717, 1.165) is 17.6 Å². The Kier molecular flexibility index (Phi) is 6.95. The lowest BCUT2D eigenvalue weighted by atomic mass is 10.2. The average molecular weight is 257 g/mol. The summed E-state index contributed by atoms with van der Waals surface area (Å²) in [5.41, 5.74) is 2.24. The highest BCUT2D eigenvalue weighted by atomic mass is 16.5. The molecule has 0 unspecified atom stereocenters. The lowest BCUT2D eigenvalue weighted by Gasteiger charge is -2.07. The van der Waals surface area contributed by atoms with Crippen LogP contribution in [0.15, 0.2) is 48.8 Å². The van der Waals surface area contributed by atoms with E-state index in [1.807, 2.05) is 38.1 Å². The Morgan fingerprint density at radius 1 is 1.21 bits per heavy atom. The molecule has 0 atom stereocenters. The minimum atomic E-state index is 0.603. The van der Waals surface area contributed by atoms with Gasteiger partial charge in [-0.2, -0.15) is 0 Å². The Labute approximate surface area is 114 Å². The van der Waals surface area contributed by atoms with E-state index in [1.54, 1.807) is 12.4 Å². The fourth-order valence-electron chi connectivity index (χ4n) is 1.36. The zero-order valence-electron chi connectivity index (χ0n) is 11.4. The zero-order chi connectivity index (χ0) is 13.9. The summed E-state index contributed by atoms with van der Waals surface area (Å²) in [5.74, 6) is 0.897. The molecule has 0 spiro atoms. The molecule has 0 bridgehead atoms. The van der Waals surface area contributed by atoms with Gasteiger partial charge >= 0.3 is 0 Å². The van der Waals surface area contributed by atoms with Gasteiger partial charge in [-0.05, 0) is 18.6 Å². The van der Waals surface area contributed by atoms with Crippen LogP contribution in [0.3, 0.4) is 0 Å². The van der Waals surface area contributed by atoms with E-state index >= 15 is 0 Å². The summed E-state index contributed by atoms with van der Waals surface area (Å²) in [4.78, 5) is 13.2. The van der Waals surface area contributed by atoms with Gasteiger partial charge in [0.15, 0.2) is 0 Å². The maximum Gasteiger partial charge on any atom is 0.125 e. The van der Waals surface area contributed by atoms with E-state index in [-0.39, 0.29) is 0 Å². The number of hydrogen-bond acceptors (Lipinski definition) is 3. The van der Waals surface area contributed by atoms with Crippen LogP contribution in [0.2, 0.25) is 0 Å². The molecule has 3 nitrogen and oxygen atoms in total. The fraction of sp³-hybridized carbons (Fsp3) is 0.250. The minimum absolute atomic E-state index is 0.603. The summed E-state index contributed by atoms with van der Waals surface area (Å²) in [6, 6.07) is 12.0. The quantitative estimate of drug-likeness (QED) is 0.786. The highest BCUT2D eigenvalue weighted by molar-refractivity contribution is 5.48. The van der Waals surface area contributed by atoms with Crippen molar-refractivity contribution in [2.75, 3.05) is 0 Å². The molecular weight excluding hydrogens is 238 g/mol. The molecule has 1 heterocycles. The second-order valence-corrected chi connectivity index (χ2v) is 3.99. The molecule has 100 valence electrons. The Balaban J connectivity index is 0.000000399. The van der Waals surface area contributed by atoms with Crippen molar-refractivity contribution in [2.24, 2.45) is 0 Å². The van der Waals surface area contributed by atoms with Gasteiger partial charge in [-0.3, -0.25) is 4.98 Å². The Morgan fingerprint density at radius 2 is 1.89 bits per heavy atom. The first kappa shape index (κ1) is 14.9. The van der Waals surface area contributed by atoms with Crippen LogP contribution in [0.4, 0.5) is 0 Å². The number of ether oxygens (including phenoxy) is 1. The van der Waals surface area contributed by atoms with Crippen LogP contribution < -0.4 is 4.74 Å². The number of nitrogens with zero attached hydrogens (tertiary/aromatic N) is 1. The van der Waals surface area contributed by atoms with E-state index in [2.05, 4.69) is 17.1 Å². The van der Waals surface area contributed by atoms with Gasteiger partial charge in [0.1, 0.15) is 18.6 Å². The number of hydrogen-bond donors (Lipinski definition) is 0. The number of pyridine rings is 1. The van der Waals surface area contributed by atoms with Crippen LogP contribution in [0.5, 0.6) is 5.75 Å². The molecule has 0 aliphatic rings. The monoisotopic (exact) mass is 257 g/mol. The molecule has 2 rings (SSSR count). The van der Waals surface area contributed by atoms with E-state index < -0.39 is 0 Å². The number of aryl methyl sites for hydroxylation is 1. The first-order chi connectivity index (χ1) is 9.27. The SMILES string of the molecule is CCC=O.Cc1cnccc1OCc1ccccc1. The van der Waals surface area contributed by atoms with Gasteiger partial charge in [-0.15, -0.1) is 0 Å². The molecule has 0 aliphatic heterocycles. The molecule has 1 aromatic carbocycles. The molecule has 3 heteroatoms. The van der Waals surface area contributed by atoms with Crippen molar-refractivity contribution in [3.63, 3.8) is 0 Å². The highest BCUT2D eigenvalue weighted by Crippen LogP contribution is 2.16. The Morgan fingerprint density at radius 3 is 2.47 bits per heavy atom. The molecule has 1 aromatic heterocycles. The molecule has 0 saturated carbocycles. The lowest BCUT2D eigenvalue weighted by molar-refractivity contribution is -0.107. The minimum Gasteiger partial charge on any atom is -0.489 e. The molecule has 0 N–H and O–H groups in total. The largest absolute Gasteiger partial charge is 0.489 e. The molecular formula is C16H19NO2. The van der Waals surface area contributed by atoms with Crippen LogP contribution in [-0.4, -0.2) is 11.3 Å². The topological polar surface area (TPSA) is 39.2 Å². The molecule has 0 aliphatic carbocycles. The second-order valence-electron chi connectivity index (χ2n) is 3.99. The van der Waals surface area contributed by atoms with Crippen molar-refractivity contribution < 1.29 is 9.53 Å². The third-order valence-electron chi connectivity index (χ3n) is 2.37. The van der Waals surface area contributed by atoms with Crippen LogP contribution in [0.1, 0.15) is 24.5 Å². The van der Waals surface area contributed by atoms with Crippen LogP contribution >= 0.6 is 0 Å². The molecule has 0 fully saturated rings. The van der Waals surface area contributed by atoms with Crippen molar-refractivity contribution in [1.29, 1.82) is 0 Å². The van der Waals surface area contributed by atoms with Crippen LogP contribution in [-0.2, 0) is 11.4 Å². The Bertz CT molecular complexity index is 483. The van der Waals surface area contributed by atoms with Gasteiger partial charge in [-0.1, -0.05) is 37.3 Å². The van der Waals surface area contributed by atoms with Gasteiger partial charge in [0.2, 0.25) is 0 Å². The molecule has 2 aromatic rings. The number of carbonyl (C=O) groups excluding carboxylic acids is 1. The molecule has 0 radical (unpaired) electrons. The maximum atomic E-state index is 9.17. The predicted octanol–water partition coefficient (Wildman–Crippen LogP) is 3.56. The van der Waals surface area contributed by atoms with Crippen LogP contribution in [0, 0.1) is 6.92 Å². The predicted molar refractivity (Wildman–Crippen MR) is 76.1 cm³/mol. The van der Waals surface area contributed by atoms with Crippen LogP contribution in [0.25, 0.3) is 0 Å². The van der Waals surface area contributed by atoms with Crippen molar-refractivity contribution in [3.8, 4) is 5.75 Å². The molecule has 19 heavy (non-hydrogen) atoms. The normalized spacial score (nSPS) is 9.16. The van der Waals surface area contributed by atoms with Gasteiger partial charge in [0.25, 0.3) is 0 Å². The van der Waals surface area contributed by atoms with Gasteiger partial charge in [0, 0.05) is 24.4 Å². The van der Waals surface area contributed by atoms with E-state index in [0.29, 0.717) is 13.0 Å². The summed E-state index contributed by atoms with van der Waals surface area (Å²) in [5, 5.41) is 0. The first-order valence-corrected chi connectivity index (χ1v) is 6.29. The molecule has 0 amide bonds. The van der Waals surface area contributed by atoms with Gasteiger partial charge in [0.05, 0.1) is 0 Å². The third kappa shape index (κ3) is 5.82. The summed E-state index contributed by atoms with van der Waals surface area (Å²) < 4.78 is 5.68. The van der Waals surface area contributed by atoms with Crippen molar-refractivity contribution in [3.05, 3.63) is 59.9 Å². The summed E-state index contributed by atoms with van der Waals surface area (Å²) in [6.45, 7) is 4.41. The van der Waals surface area contributed by atoms with E-state index in [1.165, 1.54) is 5.56 Å². The average Bonchev–Trinajstić information content (AvgIpc) is 2.48.